The highest BCUT2D eigenvalue weighted by Gasteiger charge is 2.27. The summed E-state index contributed by atoms with van der Waals surface area (Å²) in [5.74, 6) is -1.00. The number of hydrogen-bond acceptors (Lipinski definition) is 3. The molecular formula is C8H17NO3. The molecule has 12 heavy (non-hydrogen) atoms. The lowest BCUT2D eigenvalue weighted by Gasteiger charge is -2.24. The van der Waals surface area contributed by atoms with Crippen LogP contribution in [0.25, 0.3) is 0 Å². The summed E-state index contributed by atoms with van der Waals surface area (Å²) < 4.78 is 0. The molecule has 72 valence electrons. The predicted molar refractivity (Wildman–Crippen MR) is 45.8 cm³/mol. The van der Waals surface area contributed by atoms with E-state index in [0.29, 0.717) is 6.42 Å². The van der Waals surface area contributed by atoms with Gasteiger partial charge in [0.25, 0.3) is 0 Å². The van der Waals surface area contributed by atoms with Crippen molar-refractivity contribution in [1.82, 2.24) is 0 Å². The molecule has 0 saturated carbocycles. The van der Waals surface area contributed by atoms with E-state index in [1.807, 2.05) is 6.92 Å². The van der Waals surface area contributed by atoms with Gasteiger partial charge in [-0.3, -0.25) is 4.79 Å². The first-order chi connectivity index (χ1) is 5.54. The number of carboxylic acids is 1. The van der Waals surface area contributed by atoms with Crippen molar-refractivity contribution in [2.24, 2.45) is 5.73 Å². The molecule has 1 atom stereocenters. The lowest BCUT2D eigenvalue weighted by Crippen LogP contribution is -2.39. The van der Waals surface area contributed by atoms with Gasteiger partial charge in [0.1, 0.15) is 0 Å². The Balaban J connectivity index is 3.95. The van der Waals surface area contributed by atoms with Gasteiger partial charge in [0.2, 0.25) is 0 Å². The number of rotatable bonds is 6. The highest BCUT2D eigenvalue weighted by Crippen LogP contribution is 2.16. The van der Waals surface area contributed by atoms with Crippen LogP contribution < -0.4 is 5.73 Å². The van der Waals surface area contributed by atoms with Crippen molar-refractivity contribution >= 4 is 5.97 Å². The third-order valence-electron chi connectivity index (χ3n) is 1.86. The van der Waals surface area contributed by atoms with Crippen LogP contribution in [0.5, 0.6) is 0 Å². The molecule has 1 unspecified atom stereocenters. The topological polar surface area (TPSA) is 83.5 Å². The van der Waals surface area contributed by atoms with Crippen LogP contribution in [0.4, 0.5) is 0 Å². The third kappa shape index (κ3) is 4.31. The van der Waals surface area contributed by atoms with E-state index in [2.05, 4.69) is 0 Å². The molecule has 0 aliphatic heterocycles. The van der Waals surface area contributed by atoms with Crippen molar-refractivity contribution in [1.29, 1.82) is 0 Å². The summed E-state index contributed by atoms with van der Waals surface area (Å²) in [5.41, 5.74) is 4.08. The number of hydrogen-bond donors (Lipinski definition) is 3. The molecule has 0 heterocycles. The van der Waals surface area contributed by atoms with E-state index in [9.17, 15) is 9.90 Å². The lowest BCUT2D eigenvalue weighted by atomic mass is 9.93. The zero-order chi connectivity index (χ0) is 9.61. The molecule has 0 aliphatic rings. The predicted octanol–water partition coefficient (Wildman–Crippen LogP) is 0.341. The maximum absolute atomic E-state index is 10.3. The van der Waals surface area contributed by atoms with Gasteiger partial charge in [0.15, 0.2) is 0 Å². The van der Waals surface area contributed by atoms with Gasteiger partial charge in [-0.2, -0.15) is 0 Å². The van der Waals surface area contributed by atoms with Crippen LogP contribution in [-0.2, 0) is 4.79 Å². The maximum atomic E-state index is 10.3. The number of aliphatic hydroxyl groups is 1. The fourth-order valence-corrected chi connectivity index (χ4v) is 1.05. The minimum absolute atomic E-state index is 0.0132. The van der Waals surface area contributed by atoms with E-state index in [-0.39, 0.29) is 13.0 Å². The Labute approximate surface area is 72.4 Å². The van der Waals surface area contributed by atoms with Gasteiger partial charge in [-0.1, -0.05) is 19.8 Å². The van der Waals surface area contributed by atoms with E-state index in [4.69, 9.17) is 10.8 Å². The molecule has 0 radical (unpaired) electrons. The number of carboxylic acid groups (broad SMARTS) is 1. The molecule has 0 aromatic carbocycles. The largest absolute Gasteiger partial charge is 0.481 e. The molecule has 4 N–H and O–H groups in total. The second kappa shape index (κ2) is 5.11. The summed E-state index contributed by atoms with van der Waals surface area (Å²) in [7, 11) is 0. The van der Waals surface area contributed by atoms with Gasteiger partial charge < -0.3 is 15.9 Å². The lowest BCUT2D eigenvalue weighted by molar-refractivity contribution is -0.142. The first-order valence-corrected chi connectivity index (χ1v) is 4.18. The SMILES string of the molecule is CCCCC(O)(CN)CC(=O)O. The molecule has 0 fully saturated rings. The second-order valence-corrected chi connectivity index (χ2v) is 3.10. The summed E-state index contributed by atoms with van der Waals surface area (Å²) in [6, 6.07) is 0. The Morgan fingerprint density at radius 2 is 2.17 bits per heavy atom. The Hall–Kier alpha value is -0.610. The van der Waals surface area contributed by atoms with Crippen molar-refractivity contribution in [2.45, 2.75) is 38.2 Å². The molecule has 4 nitrogen and oxygen atoms in total. The van der Waals surface area contributed by atoms with Crippen LogP contribution in [0.1, 0.15) is 32.6 Å². The van der Waals surface area contributed by atoms with E-state index < -0.39 is 11.6 Å². The molecule has 0 amide bonds. The van der Waals surface area contributed by atoms with E-state index in [0.717, 1.165) is 12.8 Å². The summed E-state index contributed by atoms with van der Waals surface area (Å²) in [5, 5.41) is 18.1. The molecule has 4 heteroatoms. The Morgan fingerprint density at radius 1 is 1.58 bits per heavy atom. The van der Waals surface area contributed by atoms with Crippen LogP contribution >= 0.6 is 0 Å². The summed E-state index contributed by atoms with van der Waals surface area (Å²) >= 11 is 0. The molecule has 0 aliphatic carbocycles. The Kier molecular flexibility index (Phi) is 4.85. The van der Waals surface area contributed by atoms with Crippen LogP contribution in [0.15, 0.2) is 0 Å². The highest BCUT2D eigenvalue weighted by molar-refractivity contribution is 5.68. The third-order valence-corrected chi connectivity index (χ3v) is 1.86. The number of carbonyl (C=O) groups is 1. The van der Waals surface area contributed by atoms with Crippen molar-refractivity contribution in [3.63, 3.8) is 0 Å². The van der Waals surface area contributed by atoms with Crippen LogP contribution in [0.3, 0.4) is 0 Å². The first kappa shape index (κ1) is 11.4. The van der Waals surface area contributed by atoms with E-state index >= 15 is 0 Å². The van der Waals surface area contributed by atoms with E-state index in [1.54, 1.807) is 0 Å². The quantitative estimate of drug-likeness (QED) is 0.543. The fourth-order valence-electron chi connectivity index (χ4n) is 1.05. The van der Waals surface area contributed by atoms with Crippen molar-refractivity contribution < 1.29 is 15.0 Å². The van der Waals surface area contributed by atoms with Gasteiger partial charge in [-0.15, -0.1) is 0 Å². The fraction of sp³-hybridized carbons (Fsp3) is 0.875. The molecule has 0 bridgehead atoms. The van der Waals surface area contributed by atoms with E-state index in [1.165, 1.54) is 0 Å². The summed E-state index contributed by atoms with van der Waals surface area (Å²) in [4.78, 5) is 10.3. The second-order valence-electron chi connectivity index (χ2n) is 3.10. The average molecular weight is 175 g/mol. The standard InChI is InChI=1S/C8H17NO3/c1-2-3-4-8(12,6-9)5-7(10)11/h12H,2-6,9H2,1H3,(H,10,11). The van der Waals surface area contributed by atoms with Crippen LogP contribution in [0.2, 0.25) is 0 Å². The smallest absolute Gasteiger partial charge is 0.306 e. The van der Waals surface area contributed by atoms with Crippen molar-refractivity contribution in [3.05, 3.63) is 0 Å². The van der Waals surface area contributed by atoms with Crippen LogP contribution in [0, 0.1) is 0 Å². The van der Waals surface area contributed by atoms with Crippen molar-refractivity contribution in [2.75, 3.05) is 6.54 Å². The zero-order valence-electron chi connectivity index (χ0n) is 7.42. The number of aliphatic carboxylic acids is 1. The van der Waals surface area contributed by atoms with Gasteiger partial charge in [0.05, 0.1) is 12.0 Å². The van der Waals surface area contributed by atoms with Crippen LogP contribution in [-0.4, -0.2) is 28.3 Å². The Bertz CT molecular complexity index is 149. The number of unbranched alkanes of at least 4 members (excludes halogenated alkanes) is 1. The van der Waals surface area contributed by atoms with Gasteiger partial charge in [0, 0.05) is 6.54 Å². The number of nitrogens with two attached hydrogens (primary N) is 1. The minimum Gasteiger partial charge on any atom is -0.481 e. The van der Waals surface area contributed by atoms with Gasteiger partial charge in [-0.05, 0) is 6.42 Å². The molecule has 0 rings (SSSR count). The minimum atomic E-state index is -1.21. The average Bonchev–Trinajstić information content (AvgIpc) is 2.00. The van der Waals surface area contributed by atoms with Crippen molar-refractivity contribution in [3.8, 4) is 0 Å². The maximum Gasteiger partial charge on any atom is 0.306 e. The molecule has 0 saturated heterocycles. The van der Waals surface area contributed by atoms with Gasteiger partial charge >= 0.3 is 5.97 Å². The molecule has 0 aromatic heterocycles. The summed E-state index contributed by atoms with van der Waals surface area (Å²) in [6.45, 7) is 2.00. The normalized spacial score (nSPS) is 15.6. The van der Waals surface area contributed by atoms with Gasteiger partial charge in [-0.25, -0.2) is 0 Å². The molecular weight excluding hydrogens is 158 g/mol. The highest BCUT2D eigenvalue weighted by atomic mass is 16.4. The first-order valence-electron chi connectivity index (χ1n) is 4.18. The zero-order valence-corrected chi connectivity index (χ0v) is 7.42. The monoisotopic (exact) mass is 175 g/mol. The molecule has 0 aromatic rings. The summed E-state index contributed by atoms with van der Waals surface area (Å²) in [6.07, 6.45) is 1.94. The molecule has 0 spiro atoms. The Morgan fingerprint density at radius 3 is 2.50 bits per heavy atom.